The molecule has 0 aromatic heterocycles. The Morgan fingerprint density at radius 2 is 1.56 bits per heavy atom. The molecular formula is C18H32. The first-order valence-corrected chi connectivity index (χ1v) is 8.52. The summed E-state index contributed by atoms with van der Waals surface area (Å²) < 4.78 is 0. The van der Waals surface area contributed by atoms with Crippen LogP contribution in [-0.2, 0) is 0 Å². The first kappa shape index (κ1) is 14.2. The van der Waals surface area contributed by atoms with Gasteiger partial charge in [-0.25, -0.2) is 0 Å². The van der Waals surface area contributed by atoms with Crippen molar-refractivity contribution in [2.45, 2.75) is 84.5 Å². The molecule has 1 fully saturated rings. The first-order valence-electron chi connectivity index (χ1n) is 8.52. The Balaban J connectivity index is 1.76. The van der Waals surface area contributed by atoms with Gasteiger partial charge in [-0.1, -0.05) is 51.2 Å². The van der Waals surface area contributed by atoms with Crippen LogP contribution in [0.2, 0.25) is 0 Å². The lowest BCUT2D eigenvalue weighted by Gasteiger charge is -2.32. The highest BCUT2D eigenvalue weighted by molar-refractivity contribution is 5.11. The molecule has 0 N–H and O–H groups in total. The summed E-state index contributed by atoms with van der Waals surface area (Å²) in [6.07, 6.45) is 18.6. The van der Waals surface area contributed by atoms with E-state index in [9.17, 15) is 0 Å². The lowest BCUT2D eigenvalue weighted by atomic mass is 9.73. The molecule has 0 nitrogen and oxygen atoms in total. The van der Waals surface area contributed by atoms with E-state index in [1.54, 1.807) is 0 Å². The van der Waals surface area contributed by atoms with E-state index in [1.165, 1.54) is 70.6 Å². The van der Waals surface area contributed by atoms with Gasteiger partial charge in [-0.3, -0.25) is 0 Å². The van der Waals surface area contributed by atoms with Gasteiger partial charge in [0.15, 0.2) is 0 Å². The summed E-state index contributed by atoms with van der Waals surface area (Å²) in [6.45, 7) is 4.66. The van der Waals surface area contributed by atoms with Crippen LogP contribution in [0.3, 0.4) is 0 Å². The lowest BCUT2D eigenvalue weighted by Crippen LogP contribution is -2.18. The van der Waals surface area contributed by atoms with Crippen LogP contribution in [-0.4, -0.2) is 0 Å². The Morgan fingerprint density at radius 1 is 0.889 bits per heavy atom. The third kappa shape index (κ3) is 3.87. The van der Waals surface area contributed by atoms with Gasteiger partial charge in [0.2, 0.25) is 0 Å². The third-order valence-corrected chi connectivity index (χ3v) is 5.32. The van der Waals surface area contributed by atoms with Crippen molar-refractivity contribution in [3.63, 3.8) is 0 Å². The average Bonchev–Trinajstić information content (AvgIpc) is 2.41. The Morgan fingerprint density at radius 3 is 2.11 bits per heavy atom. The molecule has 0 aliphatic heterocycles. The van der Waals surface area contributed by atoms with Crippen molar-refractivity contribution in [1.82, 2.24) is 0 Å². The molecule has 104 valence electrons. The van der Waals surface area contributed by atoms with Gasteiger partial charge in [0.25, 0.3) is 0 Å². The highest BCUT2D eigenvalue weighted by Gasteiger charge is 2.25. The molecule has 2 aliphatic carbocycles. The largest absolute Gasteiger partial charge is 0.0848 e. The minimum absolute atomic E-state index is 0.973. The predicted molar refractivity (Wildman–Crippen MR) is 80.7 cm³/mol. The summed E-state index contributed by atoms with van der Waals surface area (Å²) in [4.78, 5) is 0. The van der Waals surface area contributed by atoms with Gasteiger partial charge in [-0.15, -0.1) is 0 Å². The number of hydrogen-bond donors (Lipinski definition) is 0. The summed E-state index contributed by atoms with van der Waals surface area (Å²) in [5, 5.41) is 0. The van der Waals surface area contributed by atoms with E-state index in [2.05, 4.69) is 19.9 Å². The number of hydrogen-bond acceptors (Lipinski definition) is 0. The molecule has 1 unspecified atom stereocenters. The molecular weight excluding hydrogens is 216 g/mol. The Bertz CT molecular complexity index is 255. The minimum atomic E-state index is 0.973. The van der Waals surface area contributed by atoms with Crippen molar-refractivity contribution in [2.75, 3.05) is 0 Å². The van der Waals surface area contributed by atoms with Crippen molar-refractivity contribution in [1.29, 1.82) is 0 Å². The molecule has 0 bridgehead atoms. The molecule has 0 radical (unpaired) electrons. The number of rotatable bonds is 5. The van der Waals surface area contributed by atoms with Crippen LogP contribution in [0.25, 0.3) is 0 Å². The molecule has 0 saturated heterocycles. The van der Waals surface area contributed by atoms with E-state index in [0.29, 0.717) is 0 Å². The van der Waals surface area contributed by atoms with Crippen LogP contribution in [0.4, 0.5) is 0 Å². The summed E-state index contributed by atoms with van der Waals surface area (Å²) in [5.41, 5.74) is 1.84. The maximum atomic E-state index is 2.63. The van der Waals surface area contributed by atoms with Crippen molar-refractivity contribution in [3.8, 4) is 0 Å². The zero-order valence-electron chi connectivity index (χ0n) is 12.6. The van der Waals surface area contributed by atoms with Gasteiger partial charge in [0, 0.05) is 0 Å². The lowest BCUT2D eigenvalue weighted by molar-refractivity contribution is 0.276. The quantitative estimate of drug-likeness (QED) is 0.514. The normalized spacial score (nSPS) is 33.2. The molecule has 2 rings (SSSR count). The number of allylic oxidation sites excluding steroid dienone is 2. The fourth-order valence-electron chi connectivity index (χ4n) is 4.18. The average molecular weight is 248 g/mol. The van der Waals surface area contributed by atoms with Crippen molar-refractivity contribution in [2.24, 2.45) is 17.8 Å². The van der Waals surface area contributed by atoms with Crippen molar-refractivity contribution >= 4 is 0 Å². The third-order valence-electron chi connectivity index (χ3n) is 5.32. The van der Waals surface area contributed by atoms with Crippen LogP contribution in [0, 0.1) is 17.8 Å². The summed E-state index contributed by atoms with van der Waals surface area (Å²) >= 11 is 0. The van der Waals surface area contributed by atoms with Gasteiger partial charge in [0.05, 0.1) is 0 Å². The van der Waals surface area contributed by atoms with E-state index in [0.717, 1.165) is 17.8 Å². The van der Waals surface area contributed by atoms with Crippen LogP contribution in [0.15, 0.2) is 11.6 Å². The van der Waals surface area contributed by atoms with Gasteiger partial charge in [-0.05, 0) is 62.7 Å². The van der Waals surface area contributed by atoms with Crippen LogP contribution in [0.5, 0.6) is 0 Å². The van der Waals surface area contributed by atoms with Crippen molar-refractivity contribution < 1.29 is 0 Å². The molecule has 0 spiro atoms. The van der Waals surface area contributed by atoms with Crippen molar-refractivity contribution in [3.05, 3.63) is 11.6 Å². The summed E-state index contributed by atoms with van der Waals surface area (Å²) in [7, 11) is 0. The van der Waals surface area contributed by atoms with E-state index >= 15 is 0 Å². The highest BCUT2D eigenvalue weighted by atomic mass is 14.3. The smallest absolute Gasteiger partial charge is 0.0203 e. The molecule has 0 amide bonds. The minimum Gasteiger partial charge on any atom is -0.0848 e. The summed E-state index contributed by atoms with van der Waals surface area (Å²) in [5.74, 6) is 3.04. The van der Waals surface area contributed by atoms with E-state index in [4.69, 9.17) is 0 Å². The van der Waals surface area contributed by atoms with E-state index < -0.39 is 0 Å². The molecule has 0 aromatic carbocycles. The second-order valence-electron chi connectivity index (χ2n) is 6.71. The molecule has 18 heavy (non-hydrogen) atoms. The maximum absolute atomic E-state index is 2.63. The van der Waals surface area contributed by atoms with Gasteiger partial charge in [-0.2, -0.15) is 0 Å². The second kappa shape index (κ2) is 7.36. The van der Waals surface area contributed by atoms with Gasteiger partial charge in [0.1, 0.15) is 0 Å². The topological polar surface area (TPSA) is 0 Å². The predicted octanol–water partition coefficient (Wildman–Crippen LogP) is 6.12. The van der Waals surface area contributed by atoms with Crippen LogP contribution >= 0.6 is 0 Å². The Hall–Kier alpha value is -0.260. The Kier molecular flexibility index (Phi) is 5.79. The van der Waals surface area contributed by atoms with Crippen LogP contribution < -0.4 is 0 Å². The second-order valence-corrected chi connectivity index (χ2v) is 6.71. The van der Waals surface area contributed by atoms with E-state index in [-0.39, 0.29) is 0 Å². The highest BCUT2D eigenvalue weighted by Crippen LogP contribution is 2.39. The summed E-state index contributed by atoms with van der Waals surface area (Å²) in [6, 6.07) is 0. The fourth-order valence-corrected chi connectivity index (χ4v) is 4.18. The van der Waals surface area contributed by atoms with Crippen LogP contribution in [0.1, 0.15) is 84.5 Å². The maximum Gasteiger partial charge on any atom is -0.0203 e. The van der Waals surface area contributed by atoms with Gasteiger partial charge < -0.3 is 0 Å². The standard InChI is InChI=1S/C18H32/c1-3-5-15-7-11-17(12-8-15)18-13-9-16(6-4-2)10-14-18/h11,15-16,18H,3-10,12-14H2,1-2H3/t15?,16-,18-. The zero-order chi connectivity index (χ0) is 12.8. The molecule has 0 heterocycles. The molecule has 2 aliphatic rings. The first-order chi connectivity index (χ1) is 8.83. The Labute approximate surface area is 114 Å². The molecule has 0 aromatic rings. The van der Waals surface area contributed by atoms with E-state index in [1.807, 2.05) is 5.57 Å². The molecule has 1 saturated carbocycles. The monoisotopic (exact) mass is 248 g/mol. The van der Waals surface area contributed by atoms with Gasteiger partial charge >= 0.3 is 0 Å². The molecule has 0 heteroatoms. The zero-order valence-corrected chi connectivity index (χ0v) is 12.6. The molecule has 1 atom stereocenters. The SMILES string of the molecule is CCCC1CC=C([C@H]2CC[C@H](CCC)CC2)CC1. The fraction of sp³-hybridized carbons (Fsp3) is 0.889.